The van der Waals surface area contributed by atoms with E-state index in [0.717, 1.165) is 29.8 Å². The molecule has 10 nitrogen and oxygen atoms in total. The lowest BCUT2D eigenvalue weighted by Gasteiger charge is -2.26. The maximum absolute atomic E-state index is 13.4. The first-order chi connectivity index (χ1) is 19.3. The van der Waals surface area contributed by atoms with E-state index in [1.165, 1.54) is 11.1 Å². The Balaban J connectivity index is 1.31. The van der Waals surface area contributed by atoms with E-state index in [4.69, 9.17) is 16.3 Å². The first kappa shape index (κ1) is 28.0. The molecule has 3 atom stereocenters. The first-order valence-electron chi connectivity index (χ1n) is 13.3. The van der Waals surface area contributed by atoms with Gasteiger partial charge in [0, 0.05) is 30.8 Å². The van der Waals surface area contributed by atoms with E-state index >= 15 is 0 Å². The number of aryl methyl sites for hydroxylation is 1. The molecule has 40 heavy (non-hydrogen) atoms. The normalized spacial score (nSPS) is 18.6. The summed E-state index contributed by atoms with van der Waals surface area (Å²) in [5.74, 6) is -0.170. The van der Waals surface area contributed by atoms with Gasteiger partial charge in [0.25, 0.3) is 5.91 Å². The zero-order valence-electron chi connectivity index (χ0n) is 22.5. The molecule has 5 rings (SSSR count). The van der Waals surface area contributed by atoms with E-state index in [1.807, 2.05) is 43.3 Å². The highest BCUT2D eigenvalue weighted by Crippen LogP contribution is 2.32. The summed E-state index contributed by atoms with van der Waals surface area (Å²) >= 11 is 6.47. The van der Waals surface area contributed by atoms with E-state index in [9.17, 15) is 14.7 Å². The summed E-state index contributed by atoms with van der Waals surface area (Å²) in [6.45, 7) is 6.40. The molecule has 0 saturated carbocycles. The van der Waals surface area contributed by atoms with Crippen molar-refractivity contribution in [1.29, 1.82) is 0 Å². The second kappa shape index (κ2) is 12.3. The Labute approximate surface area is 238 Å². The van der Waals surface area contributed by atoms with Crippen LogP contribution in [0.5, 0.6) is 0 Å². The smallest absolute Gasteiger partial charge is 0.255 e. The number of carbonyl (C=O) groups is 2. The summed E-state index contributed by atoms with van der Waals surface area (Å²) in [4.78, 5) is 37.1. The number of ether oxygens (including phenoxy) is 1. The van der Waals surface area contributed by atoms with Gasteiger partial charge in [-0.3, -0.25) is 9.59 Å². The van der Waals surface area contributed by atoms with Crippen LogP contribution in [-0.4, -0.2) is 76.8 Å². The van der Waals surface area contributed by atoms with Gasteiger partial charge in [-0.1, -0.05) is 53.6 Å². The zero-order valence-corrected chi connectivity index (χ0v) is 23.2. The third-order valence-electron chi connectivity index (χ3n) is 7.22. The SMILES string of the molecule is Cc1cccc([C@@H](CO)NC(=O)[C@@H](C)N2Cc3ccc(-c4nc(NC5CNCCOC5)ncc4Cl)cc3C2=O)c1. The van der Waals surface area contributed by atoms with E-state index in [2.05, 4.69) is 25.9 Å². The molecule has 0 spiro atoms. The van der Waals surface area contributed by atoms with Gasteiger partial charge in [0.05, 0.1) is 48.8 Å². The number of nitrogens with zero attached hydrogens (tertiary/aromatic N) is 3. The summed E-state index contributed by atoms with van der Waals surface area (Å²) in [6.07, 6.45) is 1.54. The topological polar surface area (TPSA) is 129 Å². The van der Waals surface area contributed by atoms with E-state index < -0.39 is 12.1 Å². The Morgan fingerprint density at radius 3 is 2.95 bits per heavy atom. The number of aliphatic hydroxyl groups excluding tert-OH is 1. The van der Waals surface area contributed by atoms with Gasteiger partial charge in [0.2, 0.25) is 11.9 Å². The van der Waals surface area contributed by atoms with E-state index in [1.54, 1.807) is 13.0 Å². The number of carbonyl (C=O) groups excluding carboxylic acids is 2. The molecule has 0 bridgehead atoms. The Morgan fingerprint density at radius 1 is 1.30 bits per heavy atom. The van der Waals surface area contributed by atoms with Crippen LogP contribution in [0.3, 0.4) is 0 Å². The van der Waals surface area contributed by atoms with Crippen LogP contribution in [0.2, 0.25) is 5.02 Å². The molecule has 4 N–H and O–H groups in total. The van der Waals surface area contributed by atoms with Crippen LogP contribution in [0.4, 0.5) is 5.95 Å². The average molecular weight is 565 g/mol. The fourth-order valence-electron chi connectivity index (χ4n) is 4.96. The molecule has 3 heterocycles. The number of hydrogen-bond donors (Lipinski definition) is 4. The van der Waals surface area contributed by atoms with E-state index in [-0.39, 0.29) is 24.5 Å². The number of anilines is 1. The highest BCUT2D eigenvalue weighted by molar-refractivity contribution is 6.33. The van der Waals surface area contributed by atoms with Gasteiger partial charge < -0.3 is 30.7 Å². The summed E-state index contributed by atoms with van der Waals surface area (Å²) < 4.78 is 5.59. The minimum atomic E-state index is -0.740. The van der Waals surface area contributed by atoms with Crippen molar-refractivity contribution in [2.45, 2.75) is 38.5 Å². The van der Waals surface area contributed by atoms with Gasteiger partial charge in [0.15, 0.2) is 0 Å². The second-order valence-corrected chi connectivity index (χ2v) is 10.6. The lowest BCUT2D eigenvalue weighted by atomic mass is 10.0. The molecular weight excluding hydrogens is 532 g/mol. The molecule has 1 aromatic heterocycles. The molecule has 2 aliphatic rings. The summed E-state index contributed by atoms with van der Waals surface area (Å²) in [7, 11) is 0. The van der Waals surface area contributed by atoms with Crippen molar-refractivity contribution in [3.8, 4) is 11.3 Å². The van der Waals surface area contributed by atoms with Crippen molar-refractivity contribution >= 4 is 29.4 Å². The van der Waals surface area contributed by atoms with Crippen molar-refractivity contribution in [2.24, 2.45) is 0 Å². The molecule has 0 radical (unpaired) electrons. The number of nitrogens with one attached hydrogen (secondary N) is 3. The number of halogens is 1. The van der Waals surface area contributed by atoms with Crippen LogP contribution in [0.15, 0.2) is 48.7 Å². The third kappa shape index (κ3) is 6.10. The lowest BCUT2D eigenvalue weighted by molar-refractivity contribution is -0.126. The number of fused-ring (bicyclic) bond motifs is 1. The number of aromatic nitrogens is 2. The van der Waals surface area contributed by atoms with Crippen molar-refractivity contribution < 1.29 is 19.4 Å². The van der Waals surface area contributed by atoms with Gasteiger partial charge in [-0.05, 0) is 31.0 Å². The number of rotatable bonds is 8. The number of amides is 2. The molecule has 1 saturated heterocycles. The molecule has 0 aliphatic carbocycles. The van der Waals surface area contributed by atoms with Crippen molar-refractivity contribution in [2.75, 3.05) is 38.2 Å². The maximum Gasteiger partial charge on any atom is 0.255 e. The van der Waals surface area contributed by atoms with Crippen molar-refractivity contribution in [3.05, 3.63) is 75.9 Å². The highest BCUT2D eigenvalue weighted by Gasteiger charge is 2.35. The summed E-state index contributed by atoms with van der Waals surface area (Å²) in [6, 6.07) is 11.8. The quantitative estimate of drug-likeness (QED) is 0.329. The Kier molecular flexibility index (Phi) is 8.60. The van der Waals surface area contributed by atoms with Crippen LogP contribution in [0.1, 0.15) is 40.0 Å². The lowest BCUT2D eigenvalue weighted by Crippen LogP contribution is -2.46. The van der Waals surface area contributed by atoms with E-state index in [0.29, 0.717) is 47.6 Å². The van der Waals surface area contributed by atoms with Crippen LogP contribution >= 0.6 is 11.6 Å². The first-order valence-corrected chi connectivity index (χ1v) is 13.7. The Bertz CT molecular complexity index is 1390. The average Bonchev–Trinajstić information content (AvgIpc) is 3.10. The minimum Gasteiger partial charge on any atom is -0.394 e. The van der Waals surface area contributed by atoms with Gasteiger partial charge in [-0.25, -0.2) is 9.97 Å². The van der Waals surface area contributed by atoms with Gasteiger partial charge in [0.1, 0.15) is 6.04 Å². The Hall–Kier alpha value is -3.57. The molecular formula is C29H33ClN6O4. The molecule has 11 heteroatoms. The van der Waals surface area contributed by atoms with Gasteiger partial charge in [-0.2, -0.15) is 0 Å². The van der Waals surface area contributed by atoms with Crippen LogP contribution in [-0.2, 0) is 16.1 Å². The number of benzene rings is 2. The number of aliphatic hydroxyl groups is 1. The molecule has 2 amide bonds. The van der Waals surface area contributed by atoms with Crippen molar-refractivity contribution in [1.82, 2.24) is 25.5 Å². The number of hydrogen-bond acceptors (Lipinski definition) is 8. The molecule has 3 aromatic rings. The molecule has 210 valence electrons. The molecule has 1 fully saturated rings. The maximum atomic E-state index is 13.4. The third-order valence-corrected chi connectivity index (χ3v) is 7.49. The van der Waals surface area contributed by atoms with Crippen LogP contribution < -0.4 is 16.0 Å². The molecule has 1 unspecified atom stereocenters. The van der Waals surface area contributed by atoms with Gasteiger partial charge in [-0.15, -0.1) is 0 Å². The largest absolute Gasteiger partial charge is 0.394 e. The standard InChI is InChI=1S/C29H33ClN6O4/c1-17-4-3-5-19(10-17)25(15-37)34-27(38)18(2)36-14-21-7-6-20(11-23(21)28(36)39)26-24(30)13-32-29(35-26)33-22-12-31-8-9-40-16-22/h3-7,10-11,13,18,22,25,31,37H,8-9,12,14-16H2,1-2H3,(H,34,38)(H,32,33,35)/t18-,22?,25-/m1/s1. The monoisotopic (exact) mass is 564 g/mol. The van der Waals surface area contributed by atoms with Gasteiger partial charge >= 0.3 is 0 Å². The van der Waals surface area contributed by atoms with Crippen LogP contribution in [0, 0.1) is 6.92 Å². The van der Waals surface area contributed by atoms with Crippen LogP contribution in [0.25, 0.3) is 11.3 Å². The predicted molar refractivity (Wildman–Crippen MR) is 152 cm³/mol. The fourth-order valence-corrected chi connectivity index (χ4v) is 5.16. The Morgan fingerprint density at radius 2 is 2.15 bits per heavy atom. The molecule has 2 aliphatic heterocycles. The highest BCUT2D eigenvalue weighted by atomic mass is 35.5. The fraction of sp³-hybridized carbons (Fsp3) is 0.379. The summed E-state index contributed by atoms with van der Waals surface area (Å²) in [5.41, 5.74) is 4.33. The molecule has 2 aromatic carbocycles. The summed E-state index contributed by atoms with van der Waals surface area (Å²) in [5, 5.41) is 19.7. The van der Waals surface area contributed by atoms with Crippen molar-refractivity contribution in [3.63, 3.8) is 0 Å². The predicted octanol–water partition coefficient (Wildman–Crippen LogP) is 2.70. The zero-order chi connectivity index (χ0) is 28.2. The minimum absolute atomic E-state index is 0.00987. The second-order valence-electron chi connectivity index (χ2n) is 10.1.